The summed E-state index contributed by atoms with van der Waals surface area (Å²) >= 11 is 0. The fourth-order valence-electron chi connectivity index (χ4n) is 0.512. The van der Waals surface area contributed by atoms with Crippen LogP contribution in [-0.4, -0.2) is 49.8 Å². The number of ether oxygens (including phenoxy) is 3. The van der Waals surface area contributed by atoms with Crippen molar-refractivity contribution in [2.24, 2.45) is 0 Å². The Bertz CT molecular complexity index is 529. The lowest BCUT2D eigenvalue weighted by atomic mass is 10.4. The Morgan fingerprint density at radius 1 is 0.852 bits per heavy atom. The van der Waals surface area contributed by atoms with Crippen LogP contribution in [0.2, 0.25) is 0 Å². The van der Waals surface area contributed by atoms with E-state index in [4.69, 9.17) is 5.11 Å². The molecule has 0 saturated carbocycles. The predicted octanol–water partition coefficient (Wildman–Crippen LogP) is 2.85. The smallest absolute Gasteiger partial charge is 0.333 e. The second-order valence-electron chi connectivity index (χ2n) is 4.59. The van der Waals surface area contributed by atoms with Crippen LogP contribution in [-0.2, 0) is 33.4 Å². The highest BCUT2D eigenvalue weighted by atomic mass is 16.5. The standard InChI is InChI=1S/C6H10O2.C5H8O2.2C4H6O2/c1-4-8-6(7)5(2)3;1-4(2)5(6)7-3;1-3-4(5)6-2;1-3(2)4(5)6/h2,4H2,1,3H3;1H2,2-3H3;3H,1H2,2H3;1H2,2H3,(H,5,6). The van der Waals surface area contributed by atoms with Crippen molar-refractivity contribution in [3.8, 4) is 0 Å². The number of rotatable bonds is 5. The van der Waals surface area contributed by atoms with Crippen molar-refractivity contribution in [1.82, 2.24) is 0 Å². The number of esters is 3. The highest BCUT2D eigenvalue weighted by molar-refractivity contribution is 5.87. The zero-order valence-electron chi connectivity index (χ0n) is 16.9. The van der Waals surface area contributed by atoms with Crippen LogP contribution in [0.25, 0.3) is 0 Å². The highest BCUT2D eigenvalue weighted by Gasteiger charge is 1.98. The van der Waals surface area contributed by atoms with Gasteiger partial charge in [0, 0.05) is 22.8 Å². The first kappa shape index (κ1) is 31.6. The van der Waals surface area contributed by atoms with Crippen molar-refractivity contribution < 1.29 is 38.5 Å². The maximum Gasteiger partial charge on any atom is 0.333 e. The zero-order valence-corrected chi connectivity index (χ0v) is 16.9. The first-order valence-electron chi connectivity index (χ1n) is 7.47. The third-order valence-corrected chi connectivity index (χ3v) is 1.89. The molecule has 0 aliphatic rings. The van der Waals surface area contributed by atoms with Crippen LogP contribution in [0, 0.1) is 0 Å². The quantitative estimate of drug-likeness (QED) is 0.435. The summed E-state index contributed by atoms with van der Waals surface area (Å²) in [5, 5.41) is 7.89. The number of aliphatic carboxylic acids is 1. The molecule has 0 atom stereocenters. The second kappa shape index (κ2) is 20.9. The molecule has 8 nitrogen and oxygen atoms in total. The number of carboxylic acids is 1. The number of hydrogen-bond acceptors (Lipinski definition) is 7. The number of hydrogen-bond donors (Lipinski definition) is 1. The van der Waals surface area contributed by atoms with E-state index in [0.29, 0.717) is 17.8 Å². The molecule has 0 amide bonds. The molecule has 0 aromatic heterocycles. The van der Waals surface area contributed by atoms with Gasteiger partial charge in [-0.1, -0.05) is 26.3 Å². The molecule has 0 radical (unpaired) electrons. The van der Waals surface area contributed by atoms with Crippen LogP contribution in [0.3, 0.4) is 0 Å². The van der Waals surface area contributed by atoms with Gasteiger partial charge in [-0.2, -0.15) is 0 Å². The monoisotopic (exact) mass is 386 g/mol. The molecule has 0 aromatic carbocycles. The average Bonchev–Trinajstić information content (AvgIpc) is 2.61. The van der Waals surface area contributed by atoms with Gasteiger partial charge in [-0.3, -0.25) is 0 Å². The molecule has 27 heavy (non-hydrogen) atoms. The van der Waals surface area contributed by atoms with Crippen molar-refractivity contribution in [2.75, 3.05) is 20.8 Å². The molecule has 0 saturated heterocycles. The molecule has 8 heteroatoms. The number of methoxy groups -OCH3 is 2. The molecular formula is C19H30O8. The third kappa shape index (κ3) is 31.2. The van der Waals surface area contributed by atoms with E-state index in [9.17, 15) is 19.2 Å². The van der Waals surface area contributed by atoms with E-state index in [1.165, 1.54) is 21.1 Å². The van der Waals surface area contributed by atoms with Crippen LogP contribution in [0.15, 0.2) is 49.1 Å². The summed E-state index contributed by atoms with van der Waals surface area (Å²) in [7, 11) is 2.64. The molecule has 0 spiro atoms. The normalized spacial score (nSPS) is 7.63. The molecule has 0 aliphatic heterocycles. The SMILES string of the molecule is C=C(C)C(=O)O.C=C(C)C(=O)OC.C=C(C)C(=O)OCC.C=CC(=O)OC. The lowest BCUT2D eigenvalue weighted by molar-refractivity contribution is -0.138. The summed E-state index contributed by atoms with van der Waals surface area (Å²) in [6.45, 7) is 19.9. The van der Waals surface area contributed by atoms with Gasteiger partial charge >= 0.3 is 23.9 Å². The van der Waals surface area contributed by atoms with E-state index in [1.807, 2.05) is 0 Å². The zero-order chi connectivity index (χ0) is 22.6. The fraction of sp³-hybridized carbons (Fsp3) is 0.368. The van der Waals surface area contributed by atoms with Gasteiger partial charge in [-0.15, -0.1) is 0 Å². The fourth-order valence-corrected chi connectivity index (χ4v) is 0.512. The summed E-state index contributed by atoms with van der Waals surface area (Å²) in [4.78, 5) is 40.1. The van der Waals surface area contributed by atoms with Gasteiger partial charge in [0.15, 0.2) is 0 Å². The minimum absolute atomic E-state index is 0.176. The van der Waals surface area contributed by atoms with Gasteiger partial charge in [0.1, 0.15) is 0 Å². The molecule has 0 heterocycles. The minimum atomic E-state index is -0.935. The molecule has 0 unspecified atom stereocenters. The van der Waals surface area contributed by atoms with Crippen molar-refractivity contribution >= 4 is 23.9 Å². The van der Waals surface area contributed by atoms with Gasteiger partial charge in [-0.25, -0.2) is 19.2 Å². The molecule has 1 N–H and O–H groups in total. The third-order valence-electron chi connectivity index (χ3n) is 1.89. The Morgan fingerprint density at radius 3 is 1.26 bits per heavy atom. The van der Waals surface area contributed by atoms with Gasteiger partial charge < -0.3 is 19.3 Å². The van der Waals surface area contributed by atoms with Crippen molar-refractivity contribution in [3.63, 3.8) is 0 Å². The number of carboxylic acid groups (broad SMARTS) is 1. The average molecular weight is 386 g/mol. The summed E-state index contributed by atoms with van der Waals surface area (Å²) in [5.41, 5.74) is 1.06. The Morgan fingerprint density at radius 2 is 1.22 bits per heavy atom. The van der Waals surface area contributed by atoms with E-state index in [-0.39, 0.29) is 17.5 Å². The largest absolute Gasteiger partial charge is 0.478 e. The molecule has 0 aliphatic carbocycles. The molecule has 0 bridgehead atoms. The predicted molar refractivity (Wildman–Crippen MR) is 103 cm³/mol. The van der Waals surface area contributed by atoms with Crippen LogP contribution in [0.1, 0.15) is 27.7 Å². The minimum Gasteiger partial charge on any atom is -0.478 e. The summed E-state index contributed by atoms with van der Waals surface area (Å²) in [6.07, 6.45) is 1.11. The Hall–Kier alpha value is -3.16. The topological polar surface area (TPSA) is 116 Å². The van der Waals surface area contributed by atoms with Crippen molar-refractivity contribution in [1.29, 1.82) is 0 Å². The van der Waals surface area contributed by atoms with Crippen LogP contribution in [0.5, 0.6) is 0 Å². The molecule has 0 rings (SSSR count). The van der Waals surface area contributed by atoms with Crippen LogP contribution in [0.4, 0.5) is 0 Å². The Labute approximate surface area is 160 Å². The van der Waals surface area contributed by atoms with Crippen molar-refractivity contribution in [2.45, 2.75) is 27.7 Å². The van der Waals surface area contributed by atoms with Crippen LogP contribution >= 0.6 is 0 Å². The lowest BCUT2D eigenvalue weighted by Crippen LogP contribution is -2.03. The number of carbonyl (C=O) groups is 4. The van der Waals surface area contributed by atoms with E-state index in [0.717, 1.165) is 6.08 Å². The number of carbonyl (C=O) groups excluding carboxylic acids is 3. The van der Waals surface area contributed by atoms with Gasteiger partial charge in [0.25, 0.3) is 0 Å². The first-order chi connectivity index (χ1) is 12.3. The molecular weight excluding hydrogens is 356 g/mol. The summed E-state index contributed by atoms with van der Waals surface area (Å²) in [5.74, 6) is -1.99. The van der Waals surface area contributed by atoms with Crippen molar-refractivity contribution in [3.05, 3.63) is 49.1 Å². The highest BCUT2D eigenvalue weighted by Crippen LogP contribution is 1.89. The second-order valence-corrected chi connectivity index (χ2v) is 4.59. The maximum absolute atomic E-state index is 10.4. The van der Waals surface area contributed by atoms with E-state index in [2.05, 4.69) is 40.5 Å². The van der Waals surface area contributed by atoms with Gasteiger partial charge in [0.2, 0.25) is 0 Å². The van der Waals surface area contributed by atoms with Gasteiger partial charge in [0.05, 0.1) is 20.8 Å². The lowest BCUT2D eigenvalue weighted by Gasteiger charge is -1.96. The Kier molecular flexibility index (Phi) is 24.4. The van der Waals surface area contributed by atoms with E-state index in [1.54, 1.807) is 20.8 Å². The van der Waals surface area contributed by atoms with Gasteiger partial charge in [-0.05, 0) is 27.7 Å². The summed E-state index contributed by atoms with van der Waals surface area (Å²) < 4.78 is 13.0. The van der Waals surface area contributed by atoms with E-state index >= 15 is 0 Å². The molecule has 0 fully saturated rings. The summed E-state index contributed by atoms with van der Waals surface area (Å²) in [6, 6.07) is 0. The maximum atomic E-state index is 10.4. The Balaban J connectivity index is -0.000000132. The first-order valence-corrected chi connectivity index (χ1v) is 7.47. The van der Waals surface area contributed by atoms with Crippen LogP contribution < -0.4 is 0 Å². The van der Waals surface area contributed by atoms with E-state index < -0.39 is 11.9 Å². The molecule has 154 valence electrons. The molecule has 0 aromatic rings.